The number of para-hydroxylation sites is 2. The van der Waals surface area contributed by atoms with Crippen molar-refractivity contribution in [1.82, 2.24) is 9.13 Å². The summed E-state index contributed by atoms with van der Waals surface area (Å²) in [5.41, 5.74) is 15.1. The Morgan fingerprint density at radius 2 is 0.717 bits per heavy atom. The summed E-state index contributed by atoms with van der Waals surface area (Å²) < 4.78 is 4.93. The molecule has 0 unspecified atom stereocenters. The molecular formula is C58H42N2. The first-order chi connectivity index (χ1) is 29.7. The average molecular weight is 767 g/mol. The first-order valence-corrected chi connectivity index (χ1v) is 21.3. The summed E-state index contributed by atoms with van der Waals surface area (Å²) in [6.07, 6.45) is 0. The SMILES string of the molecule is CCn1c2ccccc2c2c(-c3cccc4c(-c5cccc6cccc(-c7ccccc7)c56)c5cccc(-c6cccc7c6c6ccccc6n7CC)c5cc34)cccc21. The molecular weight excluding hydrogens is 725 g/mol. The number of rotatable bonds is 6. The van der Waals surface area contributed by atoms with Crippen LogP contribution in [-0.4, -0.2) is 9.13 Å². The van der Waals surface area contributed by atoms with Crippen LogP contribution in [0.5, 0.6) is 0 Å². The lowest BCUT2D eigenvalue weighted by Gasteiger charge is -2.20. The minimum absolute atomic E-state index is 0.909. The molecule has 2 aromatic heterocycles. The Morgan fingerprint density at radius 1 is 0.300 bits per heavy atom. The highest BCUT2D eigenvalue weighted by atomic mass is 15.0. The van der Waals surface area contributed by atoms with Crippen LogP contribution >= 0.6 is 0 Å². The van der Waals surface area contributed by atoms with Gasteiger partial charge in [-0.05, 0) is 121 Å². The number of hydrogen-bond donors (Lipinski definition) is 0. The lowest BCUT2D eigenvalue weighted by atomic mass is 9.83. The van der Waals surface area contributed by atoms with Gasteiger partial charge < -0.3 is 9.13 Å². The fourth-order valence-corrected chi connectivity index (χ4v) is 10.7. The number of fused-ring (bicyclic) bond motifs is 9. The molecule has 0 aliphatic rings. The third-order valence-electron chi connectivity index (χ3n) is 13.1. The van der Waals surface area contributed by atoms with E-state index in [1.165, 1.54) is 120 Å². The largest absolute Gasteiger partial charge is 0.341 e. The van der Waals surface area contributed by atoms with Gasteiger partial charge >= 0.3 is 0 Å². The summed E-state index contributed by atoms with van der Waals surface area (Å²) in [4.78, 5) is 0. The van der Waals surface area contributed by atoms with Crippen LogP contribution in [0.15, 0.2) is 194 Å². The van der Waals surface area contributed by atoms with Gasteiger partial charge in [0.2, 0.25) is 0 Å². The van der Waals surface area contributed by atoms with E-state index in [2.05, 4.69) is 217 Å². The van der Waals surface area contributed by atoms with Crippen molar-refractivity contribution in [1.29, 1.82) is 0 Å². The summed E-state index contributed by atoms with van der Waals surface area (Å²) in [5.74, 6) is 0. The molecule has 0 spiro atoms. The molecule has 284 valence electrons. The summed E-state index contributed by atoms with van der Waals surface area (Å²) in [6.45, 7) is 6.32. The summed E-state index contributed by atoms with van der Waals surface area (Å²) in [6, 6.07) is 72.6. The molecule has 0 radical (unpaired) electrons. The van der Waals surface area contributed by atoms with Crippen molar-refractivity contribution >= 4 is 75.9 Å². The lowest BCUT2D eigenvalue weighted by Crippen LogP contribution is -1.94. The normalized spacial score (nSPS) is 12.0. The number of benzene rings is 10. The molecule has 60 heavy (non-hydrogen) atoms. The van der Waals surface area contributed by atoms with Crippen LogP contribution in [0.4, 0.5) is 0 Å². The van der Waals surface area contributed by atoms with Gasteiger partial charge in [0.05, 0.1) is 0 Å². The van der Waals surface area contributed by atoms with E-state index < -0.39 is 0 Å². The standard InChI is InChI=1S/C58H42N2/c1-3-59-51-32-10-8-22-46(51)57-42(29-16-34-53(57)59)40-25-14-27-44-49(40)36-50-41(43-30-17-35-54-58(43)47-23-9-11-33-52(47)60(54)4-2)26-15-28-45(50)56(44)48-31-13-21-38-20-12-24-39(55(38)48)37-18-6-5-7-19-37/h5-36H,3-4H2,1-2H3. The van der Waals surface area contributed by atoms with E-state index in [-0.39, 0.29) is 0 Å². The Kier molecular flexibility index (Phi) is 7.83. The first-order valence-electron chi connectivity index (χ1n) is 21.3. The number of aryl methyl sites for hydroxylation is 2. The topological polar surface area (TPSA) is 9.86 Å². The predicted molar refractivity (Wildman–Crippen MR) is 258 cm³/mol. The van der Waals surface area contributed by atoms with E-state index in [0.29, 0.717) is 0 Å². The van der Waals surface area contributed by atoms with Gasteiger partial charge in [0.15, 0.2) is 0 Å². The third kappa shape index (κ3) is 4.94. The molecule has 10 aromatic carbocycles. The molecule has 0 N–H and O–H groups in total. The van der Waals surface area contributed by atoms with Crippen molar-refractivity contribution < 1.29 is 0 Å². The fourth-order valence-electron chi connectivity index (χ4n) is 10.7. The van der Waals surface area contributed by atoms with Crippen molar-refractivity contribution in [2.45, 2.75) is 26.9 Å². The van der Waals surface area contributed by atoms with Crippen LogP contribution in [-0.2, 0) is 13.1 Å². The molecule has 0 saturated carbocycles. The fraction of sp³-hybridized carbons (Fsp3) is 0.0690. The van der Waals surface area contributed by atoms with E-state index in [0.717, 1.165) is 13.1 Å². The molecule has 0 bridgehead atoms. The summed E-state index contributed by atoms with van der Waals surface area (Å²) in [5, 5.41) is 12.7. The smallest absolute Gasteiger partial charge is 0.0497 e. The summed E-state index contributed by atoms with van der Waals surface area (Å²) >= 11 is 0. The second-order valence-electron chi connectivity index (χ2n) is 16.1. The molecule has 0 aliphatic carbocycles. The van der Waals surface area contributed by atoms with Crippen molar-refractivity contribution in [3.05, 3.63) is 194 Å². The van der Waals surface area contributed by atoms with E-state index in [1.807, 2.05) is 0 Å². The van der Waals surface area contributed by atoms with Crippen LogP contribution in [0.1, 0.15) is 13.8 Å². The maximum Gasteiger partial charge on any atom is 0.0497 e. The summed E-state index contributed by atoms with van der Waals surface area (Å²) in [7, 11) is 0. The molecule has 12 rings (SSSR count). The molecule has 0 aliphatic heterocycles. The van der Waals surface area contributed by atoms with E-state index in [4.69, 9.17) is 0 Å². The van der Waals surface area contributed by atoms with Gasteiger partial charge in [0, 0.05) is 56.7 Å². The highest BCUT2D eigenvalue weighted by Crippen LogP contribution is 2.49. The first kappa shape index (κ1) is 34.6. The maximum atomic E-state index is 2.51. The number of hydrogen-bond acceptors (Lipinski definition) is 0. The minimum Gasteiger partial charge on any atom is -0.341 e. The van der Waals surface area contributed by atoms with Crippen molar-refractivity contribution in [2.75, 3.05) is 0 Å². The highest BCUT2D eigenvalue weighted by molar-refractivity contribution is 6.26. The molecule has 0 fully saturated rings. The van der Waals surface area contributed by atoms with Gasteiger partial charge in [-0.3, -0.25) is 0 Å². The monoisotopic (exact) mass is 766 g/mol. The predicted octanol–water partition coefficient (Wildman–Crippen LogP) is 16.1. The zero-order chi connectivity index (χ0) is 39.9. The molecule has 2 heterocycles. The van der Waals surface area contributed by atoms with E-state index >= 15 is 0 Å². The Labute approximate surface area is 349 Å². The maximum absolute atomic E-state index is 2.51. The highest BCUT2D eigenvalue weighted by Gasteiger charge is 2.22. The Balaban J connectivity index is 1.26. The quantitative estimate of drug-likeness (QED) is 0.149. The number of nitrogens with zero attached hydrogens (tertiary/aromatic N) is 2. The number of aromatic nitrogens is 2. The zero-order valence-electron chi connectivity index (χ0n) is 33.8. The Morgan fingerprint density at radius 3 is 1.27 bits per heavy atom. The van der Waals surface area contributed by atoms with Gasteiger partial charge in [-0.2, -0.15) is 0 Å². The zero-order valence-corrected chi connectivity index (χ0v) is 33.8. The molecule has 0 saturated heterocycles. The van der Waals surface area contributed by atoms with Crippen LogP contribution in [0, 0.1) is 0 Å². The van der Waals surface area contributed by atoms with E-state index in [1.54, 1.807) is 0 Å². The molecule has 0 atom stereocenters. The van der Waals surface area contributed by atoms with Gasteiger partial charge in [-0.1, -0.05) is 164 Å². The van der Waals surface area contributed by atoms with Gasteiger partial charge in [-0.25, -0.2) is 0 Å². The Hall–Kier alpha value is -7.42. The average Bonchev–Trinajstić information content (AvgIpc) is 3.83. The molecule has 12 aromatic rings. The Bertz CT molecular complexity index is 3490. The molecule has 0 amide bonds. The van der Waals surface area contributed by atoms with Crippen LogP contribution in [0.2, 0.25) is 0 Å². The van der Waals surface area contributed by atoms with Gasteiger partial charge in [0.25, 0.3) is 0 Å². The van der Waals surface area contributed by atoms with Crippen molar-refractivity contribution in [2.24, 2.45) is 0 Å². The molecule has 2 nitrogen and oxygen atoms in total. The van der Waals surface area contributed by atoms with Crippen LogP contribution < -0.4 is 0 Å². The second kappa shape index (κ2) is 13.6. The second-order valence-corrected chi connectivity index (χ2v) is 16.1. The minimum atomic E-state index is 0.909. The lowest BCUT2D eigenvalue weighted by molar-refractivity contribution is 0.827. The van der Waals surface area contributed by atoms with Crippen LogP contribution in [0.3, 0.4) is 0 Å². The van der Waals surface area contributed by atoms with Crippen molar-refractivity contribution in [3.63, 3.8) is 0 Å². The van der Waals surface area contributed by atoms with Gasteiger partial charge in [0.1, 0.15) is 0 Å². The van der Waals surface area contributed by atoms with Gasteiger partial charge in [-0.15, -0.1) is 0 Å². The molecule has 2 heteroatoms. The third-order valence-corrected chi connectivity index (χ3v) is 13.1. The van der Waals surface area contributed by atoms with E-state index in [9.17, 15) is 0 Å². The van der Waals surface area contributed by atoms with Crippen LogP contribution in [0.25, 0.3) is 120 Å². The van der Waals surface area contributed by atoms with Crippen molar-refractivity contribution in [3.8, 4) is 44.5 Å².